The fourth-order valence-corrected chi connectivity index (χ4v) is 3.88. The Kier molecular flexibility index (Phi) is 5.32. The van der Waals surface area contributed by atoms with Gasteiger partial charge in [0.05, 0.1) is 16.8 Å². The van der Waals surface area contributed by atoms with E-state index in [1.54, 1.807) is 48.5 Å². The van der Waals surface area contributed by atoms with E-state index in [0.29, 0.717) is 28.9 Å². The van der Waals surface area contributed by atoms with Crippen LogP contribution in [0.5, 0.6) is 0 Å². The van der Waals surface area contributed by atoms with E-state index in [4.69, 9.17) is 4.42 Å². The summed E-state index contributed by atoms with van der Waals surface area (Å²) in [4.78, 5) is 39.1. The van der Waals surface area contributed by atoms with Crippen LogP contribution in [0.15, 0.2) is 95.4 Å². The van der Waals surface area contributed by atoms with Crippen LogP contribution in [0.1, 0.15) is 32.9 Å². The van der Waals surface area contributed by atoms with Crippen LogP contribution in [-0.4, -0.2) is 17.7 Å². The highest BCUT2D eigenvalue weighted by atomic mass is 16.3. The van der Waals surface area contributed by atoms with Gasteiger partial charge in [-0.3, -0.25) is 14.4 Å². The van der Waals surface area contributed by atoms with E-state index in [1.807, 2.05) is 42.5 Å². The molecule has 0 radical (unpaired) electrons. The van der Waals surface area contributed by atoms with Crippen LogP contribution in [-0.2, 0) is 11.2 Å². The molecule has 6 nitrogen and oxygen atoms in total. The van der Waals surface area contributed by atoms with Crippen molar-refractivity contribution in [3.63, 3.8) is 0 Å². The van der Waals surface area contributed by atoms with Crippen molar-refractivity contribution in [1.82, 2.24) is 0 Å². The lowest BCUT2D eigenvalue weighted by molar-refractivity contribution is -0.116. The van der Waals surface area contributed by atoms with Gasteiger partial charge in [-0.15, -0.1) is 0 Å². The summed E-state index contributed by atoms with van der Waals surface area (Å²) >= 11 is 0. The van der Waals surface area contributed by atoms with E-state index in [1.165, 1.54) is 0 Å². The van der Waals surface area contributed by atoms with E-state index in [2.05, 4.69) is 5.32 Å². The van der Waals surface area contributed by atoms with E-state index in [-0.39, 0.29) is 24.1 Å². The first-order valence-electron chi connectivity index (χ1n) is 10.6. The molecule has 4 aromatic rings. The third-order valence-corrected chi connectivity index (χ3v) is 5.50. The largest absolute Gasteiger partial charge is 0.461 e. The standard InChI is InChI=1S/C27H20N2O4/c30-25(16-14-21-13-15-24(33-21)18-7-2-1-3-8-18)28-19-9-6-10-20(17-19)29-26(31)22-11-4-5-12-23(22)27(29)32/h1-13,15,17H,14,16H2,(H,28,30). The fourth-order valence-electron chi connectivity index (χ4n) is 3.88. The number of nitrogens with zero attached hydrogens (tertiary/aromatic N) is 1. The average Bonchev–Trinajstić information content (AvgIpc) is 3.42. The van der Waals surface area contributed by atoms with Crippen molar-refractivity contribution >= 4 is 29.1 Å². The minimum absolute atomic E-state index is 0.188. The summed E-state index contributed by atoms with van der Waals surface area (Å²) in [5.41, 5.74) is 2.67. The minimum atomic E-state index is -0.369. The summed E-state index contributed by atoms with van der Waals surface area (Å²) in [6.07, 6.45) is 0.690. The molecule has 6 heteroatoms. The van der Waals surface area contributed by atoms with Crippen LogP contribution in [0.25, 0.3) is 11.3 Å². The van der Waals surface area contributed by atoms with Gasteiger partial charge in [0.2, 0.25) is 5.91 Å². The number of amides is 3. The van der Waals surface area contributed by atoms with Gasteiger partial charge in [0.1, 0.15) is 11.5 Å². The first-order chi connectivity index (χ1) is 16.1. The van der Waals surface area contributed by atoms with E-state index < -0.39 is 0 Å². The van der Waals surface area contributed by atoms with Gasteiger partial charge in [0.15, 0.2) is 0 Å². The van der Waals surface area contributed by atoms with Crippen molar-refractivity contribution < 1.29 is 18.8 Å². The zero-order valence-electron chi connectivity index (χ0n) is 17.7. The second kappa shape index (κ2) is 8.59. The number of hydrogen-bond acceptors (Lipinski definition) is 4. The van der Waals surface area contributed by atoms with E-state index in [0.717, 1.165) is 22.0 Å². The summed E-state index contributed by atoms with van der Waals surface area (Å²) in [5.74, 6) is 0.563. The van der Waals surface area contributed by atoms with Crippen LogP contribution in [0.2, 0.25) is 0 Å². The molecule has 1 aliphatic rings. The number of nitrogens with one attached hydrogen (secondary N) is 1. The zero-order chi connectivity index (χ0) is 22.8. The number of imide groups is 1. The van der Waals surface area contributed by atoms with Crippen LogP contribution >= 0.6 is 0 Å². The molecule has 3 aromatic carbocycles. The predicted octanol–water partition coefficient (Wildman–Crippen LogP) is 5.32. The molecule has 0 fully saturated rings. The lowest BCUT2D eigenvalue weighted by Crippen LogP contribution is -2.29. The highest BCUT2D eigenvalue weighted by Gasteiger charge is 2.36. The topological polar surface area (TPSA) is 79.6 Å². The summed E-state index contributed by atoms with van der Waals surface area (Å²) in [6, 6.07) is 27.0. The molecular weight excluding hydrogens is 416 g/mol. The molecule has 5 rings (SSSR count). The summed E-state index contributed by atoms with van der Waals surface area (Å²) in [7, 11) is 0. The van der Waals surface area contributed by atoms with Crippen LogP contribution in [0, 0.1) is 0 Å². The Balaban J connectivity index is 1.23. The van der Waals surface area contributed by atoms with Crippen molar-refractivity contribution in [3.8, 4) is 11.3 Å². The van der Waals surface area contributed by atoms with Crippen molar-refractivity contribution in [2.75, 3.05) is 10.2 Å². The highest BCUT2D eigenvalue weighted by Crippen LogP contribution is 2.30. The number of rotatable bonds is 6. The quantitative estimate of drug-likeness (QED) is 0.415. The number of aryl methyl sites for hydroxylation is 1. The molecule has 0 atom stereocenters. The normalized spacial score (nSPS) is 12.7. The van der Waals surface area contributed by atoms with Gasteiger partial charge in [0.25, 0.3) is 11.8 Å². The van der Waals surface area contributed by atoms with Gasteiger partial charge >= 0.3 is 0 Å². The summed E-state index contributed by atoms with van der Waals surface area (Å²) in [5, 5.41) is 2.84. The van der Waals surface area contributed by atoms with Gasteiger partial charge in [-0.2, -0.15) is 0 Å². The summed E-state index contributed by atoms with van der Waals surface area (Å²) in [6.45, 7) is 0. The average molecular weight is 436 g/mol. The Bertz CT molecular complexity index is 1320. The zero-order valence-corrected chi connectivity index (χ0v) is 17.7. The van der Waals surface area contributed by atoms with Gasteiger partial charge in [-0.05, 0) is 42.5 Å². The fraction of sp³-hybridized carbons (Fsp3) is 0.0741. The number of furan rings is 1. The maximum atomic E-state index is 12.7. The molecule has 1 N–H and O–H groups in total. The first kappa shape index (κ1) is 20.5. The third-order valence-electron chi connectivity index (χ3n) is 5.50. The van der Waals surface area contributed by atoms with Crippen LogP contribution < -0.4 is 10.2 Å². The molecule has 0 unspecified atom stereocenters. The minimum Gasteiger partial charge on any atom is -0.461 e. The number of carbonyl (C=O) groups is 3. The van der Waals surface area contributed by atoms with Gasteiger partial charge < -0.3 is 9.73 Å². The molecule has 0 spiro atoms. The number of benzene rings is 3. The monoisotopic (exact) mass is 436 g/mol. The van der Waals surface area contributed by atoms with Crippen molar-refractivity contribution in [2.24, 2.45) is 0 Å². The number of fused-ring (bicyclic) bond motifs is 1. The van der Waals surface area contributed by atoms with Crippen molar-refractivity contribution in [3.05, 3.63) is 108 Å². The van der Waals surface area contributed by atoms with E-state index in [9.17, 15) is 14.4 Å². The first-order valence-corrected chi connectivity index (χ1v) is 10.6. The lowest BCUT2D eigenvalue weighted by atomic mass is 10.1. The Hall–Kier alpha value is -4.45. The molecule has 1 aromatic heterocycles. The summed E-state index contributed by atoms with van der Waals surface area (Å²) < 4.78 is 5.85. The van der Waals surface area contributed by atoms with Gasteiger partial charge in [-0.1, -0.05) is 48.5 Å². The Morgan fingerprint density at radius 3 is 2.21 bits per heavy atom. The Morgan fingerprint density at radius 2 is 1.48 bits per heavy atom. The molecule has 0 aliphatic carbocycles. The van der Waals surface area contributed by atoms with Crippen LogP contribution in [0.3, 0.4) is 0 Å². The predicted molar refractivity (Wildman–Crippen MR) is 125 cm³/mol. The van der Waals surface area contributed by atoms with Gasteiger partial charge in [0, 0.05) is 24.1 Å². The molecule has 2 heterocycles. The SMILES string of the molecule is O=C(CCc1ccc(-c2ccccc2)o1)Nc1cccc(N2C(=O)c3ccccc3C2=O)c1. The molecule has 162 valence electrons. The molecule has 0 saturated heterocycles. The van der Waals surface area contributed by atoms with Crippen molar-refractivity contribution in [2.45, 2.75) is 12.8 Å². The van der Waals surface area contributed by atoms with Gasteiger partial charge in [-0.25, -0.2) is 4.90 Å². The number of anilines is 2. The highest BCUT2D eigenvalue weighted by molar-refractivity contribution is 6.34. The molecule has 1 aliphatic heterocycles. The molecule has 0 saturated carbocycles. The number of hydrogen-bond donors (Lipinski definition) is 1. The third kappa shape index (κ3) is 4.06. The lowest BCUT2D eigenvalue weighted by Gasteiger charge is -2.15. The maximum absolute atomic E-state index is 12.7. The smallest absolute Gasteiger partial charge is 0.266 e. The van der Waals surface area contributed by atoms with E-state index >= 15 is 0 Å². The second-order valence-electron chi connectivity index (χ2n) is 7.72. The molecular formula is C27H20N2O4. The molecule has 0 bridgehead atoms. The second-order valence-corrected chi connectivity index (χ2v) is 7.72. The van der Waals surface area contributed by atoms with Crippen LogP contribution in [0.4, 0.5) is 11.4 Å². The maximum Gasteiger partial charge on any atom is 0.266 e. The Labute approximate surface area is 190 Å². The molecule has 33 heavy (non-hydrogen) atoms. The Morgan fingerprint density at radius 1 is 0.788 bits per heavy atom. The van der Waals surface area contributed by atoms with Crippen molar-refractivity contribution in [1.29, 1.82) is 0 Å². The number of carbonyl (C=O) groups excluding carboxylic acids is 3. The molecule has 3 amide bonds.